The maximum atomic E-state index is 11.7. The molecule has 2 rings (SSSR count). The Bertz CT molecular complexity index is 644. The molecule has 0 atom stereocenters. The summed E-state index contributed by atoms with van der Waals surface area (Å²) in [5.74, 6) is -1.10. The summed E-state index contributed by atoms with van der Waals surface area (Å²) in [6.07, 6.45) is 0. The fourth-order valence-electron chi connectivity index (χ4n) is 1.47. The van der Waals surface area contributed by atoms with Crippen LogP contribution in [0.1, 0.15) is 21.7 Å². The van der Waals surface area contributed by atoms with Crippen LogP contribution in [-0.2, 0) is 0 Å². The number of furan rings is 1. The third-order valence-corrected chi connectivity index (χ3v) is 2.66. The normalized spacial score (nSPS) is 10.2. The lowest BCUT2D eigenvalue weighted by Crippen LogP contribution is -2.07. The van der Waals surface area contributed by atoms with E-state index in [0.29, 0.717) is 5.75 Å². The lowest BCUT2D eigenvalue weighted by Gasteiger charge is -2.04. The number of benzene rings is 1. The number of esters is 1. The fourth-order valence-corrected chi connectivity index (χ4v) is 1.47. The van der Waals surface area contributed by atoms with Gasteiger partial charge in [-0.3, -0.25) is 10.1 Å². The molecule has 0 amide bonds. The molecule has 0 spiro atoms. The van der Waals surface area contributed by atoms with Crippen molar-refractivity contribution in [3.63, 3.8) is 0 Å². The summed E-state index contributed by atoms with van der Waals surface area (Å²) in [5.41, 5.74) is 2.06. The largest absolute Gasteiger partial charge is 0.433 e. The van der Waals surface area contributed by atoms with Gasteiger partial charge in [0.25, 0.3) is 0 Å². The van der Waals surface area contributed by atoms with E-state index in [0.717, 1.165) is 17.2 Å². The number of nitro groups is 1. The molecule has 1 heterocycles. The summed E-state index contributed by atoms with van der Waals surface area (Å²) in [5, 5.41) is 10.4. The molecular weight excluding hydrogens is 250 g/mol. The average molecular weight is 261 g/mol. The molecule has 19 heavy (non-hydrogen) atoms. The van der Waals surface area contributed by atoms with E-state index < -0.39 is 16.8 Å². The first kappa shape index (κ1) is 12.8. The highest BCUT2D eigenvalue weighted by molar-refractivity contribution is 5.88. The van der Waals surface area contributed by atoms with Gasteiger partial charge in [-0.2, -0.15) is 0 Å². The van der Waals surface area contributed by atoms with Gasteiger partial charge in [0.2, 0.25) is 5.76 Å². The molecule has 0 aliphatic rings. The Kier molecular flexibility index (Phi) is 3.33. The third-order valence-electron chi connectivity index (χ3n) is 2.66. The zero-order valence-electron chi connectivity index (χ0n) is 10.4. The maximum Gasteiger partial charge on any atom is 0.433 e. The number of carbonyl (C=O) groups excluding carboxylic acids is 1. The first-order chi connectivity index (χ1) is 8.97. The molecule has 6 heteroatoms. The molecule has 2 aromatic rings. The first-order valence-electron chi connectivity index (χ1n) is 5.51. The van der Waals surface area contributed by atoms with Gasteiger partial charge >= 0.3 is 11.9 Å². The number of hydrogen-bond acceptors (Lipinski definition) is 5. The second kappa shape index (κ2) is 4.93. The molecule has 0 unspecified atom stereocenters. The summed E-state index contributed by atoms with van der Waals surface area (Å²) in [4.78, 5) is 21.4. The minimum atomic E-state index is -0.767. The zero-order valence-corrected chi connectivity index (χ0v) is 10.4. The van der Waals surface area contributed by atoms with E-state index in [1.165, 1.54) is 6.07 Å². The molecule has 0 N–H and O–H groups in total. The highest BCUT2D eigenvalue weighted by Crippen LogP contribution is 2.20. The molecular formula is C13H11NO5. The Morgan fingerprint density at radius 1 is 1.21 bits per heavy atom. The van der Waals surface area contributed by atoms with Crippen molar-refractivity contribution in [3.8, 4) is 5.75 Å². The maximum absolute atomic E-state index is 11.7. The van der Waals surface area contributed by atoms with E-state index in [4.69, 9.17) is 9.15 Å². The van der Waals surface area contributed by atoms with E-state index in [-0.39, 0.29) is 5.76 Å². The smallest absolute Gasteiger partial charge is 0.421 e. The minimum absolute atomic E-state index is 0.204. The Hall–Kier alpha value is -2.63. The number of hydrogen-bond donors (Lipinski definition) is 0. The summed E-state index contributed by atoms with van der Waals surface area (Å²) >= 11 is 0. The topological polar surface area (TPSA) is 82.6 Å². The lowest BCUT2D eigenvalue weighted by molar-refractivity contribution is -0.402. The fraction of sp³-hybridized carbons (Fsp3) is 0.154. The standard InChI is InChI=1S/C13H11NO5/c1-8-3-4-10(7-9(8)2)18-13(15)11-5-6-12(19-11)14(16)17/h3-7H,1-2H3. The number of nitrogens with zero attached hydrogens (tertiary/aromatic N) is 1. The van der Waals surface area contributed by atoms with Crippen molar-refractivity contribution in [3.05, 3.63) is 57.3 Å². The van der Waals surface area contributed by atoms with E-state index in [2.05, 4.69) is 0 Å². The Balaban J connectivity index is 2.15. The van der Waals surface area contributed by atoms with Crippen molar-refractivity contribution < 1.29 is 18.9 Å². The van der Waals surface area contributed by atoms with Crippen LogP contribution in [0.25, 0.3) is 0 Å². The van der Waals surface area contributed by atoms with Gasteiger partial charge in [-0.05, 0) is 43.2 Å². The van der Waals surface area contributed by atoms with Crippen LogP contribution in [0, 0.1) is 24.0 Å². The number of ether oxygens (including phenoxy) is 1. The van der Waals surface area contributed by atoms with Gasteiger partial charge in [-0.15, -0.1) is 0 Å². The van der Waals surface area contributed by atoms with Crippen LogP contribution < -0.4 is 4.74 Å². The van der Waals surface area contributed by atoms with Gasteiger partial charge in [-0.25, -0.2) is 4.79 Å². The minimum Gasteiger partial charge on any atom is -0.421 e. The Morgan fingerprint density at radius 3 is 2.53 bits per heavy atom. The number of rotatable bonds is 3. The SMILES string of the molecule is Cc1ccc(OC(=O)c2ccc([N+](=O)[O-])o2)cc1C. The average Bonchev–Trinajstić information content (AvgIpc) is 2.83. The lowest BCUT2D eigenvalue weighted by atomic mass is 10.1. The van der Waals surface area contributed by atoms with Crippen LogP contribution >= 0.6 is 0 Å². The van der Waals surface area contributed by atoms with Crippen molar-refractivity contribution in [1.82, 2.24) is 0 Å². The number of carbonyl (C=O) groups is 1. The van der Waals surface area contributed by atoms with Crippen molar-refractivity contribution in [1.29, 1.82) is 0 Å². The third kappa shape index (κ3) is 2.79. The van der Waals surface area contributed by atoms with Crippen LogP contribution in [0.15, 0.2) is 34.7 Å². The summed E-state index contributed by atoms with van der Waals surface area (Å²) in [6.45, 7) is 3.83. The molecule has 0 saturated carbocycles. The number of aryl methyl sites for hydroxylation is 2. The van der Waals surface area contributed by atoms with E-state index in [9.17, 15) is 14.9 Å². The second-order valence-electron chi connectivity index (χ2n) is 4.03. The first-order valence-corrected chi connectivity index (χ1v) is 5.51. The van der Waals surface area contributed by atoms with Crippen LogP contribution in [-0.4, -0.2) is 10.9 Å². The molecule has 0 aliphatic heterocycles. The van der Waals surface area contributed by atoms with E-state index in [1.807, 2.05) is 19.9 Å². The van der Waals surface area contributed by atoms with Crippen molar-refractivity contribution in [2.45, 2.75) is 13.8 Å². The molecule has 0 bridgehead atoms. The highest BCUT2D eigenvalue weighted by Gasteiger charge is 2.19. The molecule has 0 saturated heterocycles. The molecule has 1 aromatic carbocycles. The molecule has 0 aliphatic carbocycles. The predicted octanol–water partition coefficient (Wildman–Crippen LogP) is 3.02. The van der Waals surface area contributed by atoms with Gasteiger partial charge in [0.1, 0.15) is 10.7 Å². The molecule has 1 aromatic heterocycles. The summed E-state index contributed by atoms with van der Waals surface area (Å²) in [6, 6.07) is 7.50. The van der Waals surface area contributed by atoms with E-state index >= 15 is 0 Å². The molecule has 6 nitrogen and oxygen atoms in total. The van der Waals surface area contributed by atoms with E-state index in [1.54, 1.807) is 12.1 Å². The Labute approximate surface area is 108 Å². The molecule has 0 radical (unpaired) electrons. The van der Waals surface area contributed by atoms with Crippen LogP contribution in [0.4, 0.5) is 5.88 Å². The van der Waals surface area contributed by atoms with Crippen LogP contribution in [0.2, 0.25) is 0 Å². The van der Waals surface area contributed by atoms with Crippen molar-refractivity contribution >= 4 is 11.9 Å². The second-order valence-corrected chi connectivity index (χ2v) is 4.03. The predicted molar refractivity (Wildman–Crippen MR) is 66.2 cm³/mol. The zero-order chi connectivity index (χ0) is 14.0. The molecule has 98 valence electrons. The Morgan fingerprint density at radius 2 is 1.95 bits per heavy atom. The van der Waals surface area contributed by atoms with Gasteiger partial charge in [-0.1, -0.05) is 6.07 Å². The highest BCUT2D eigenvalue weighted by atomic mass is 16.7. The van der Waals surface area contributed by atoms with Crippen LogP contribution in [0.3, 0.4) is 0 Å². The quantitative estimate of drug-likeness (QED) is 0.367. The van der Waals surface area contributed by atoms with Crippen LogP contribution in [0.5, 0.6) is 5.75 Å². The van der Waals surface area contributed by atoms with Gasteiger partial charge < -0.3 is 9.15 Å². The molecule has 0 fully saturated rings. The monoisotopic (exact) mass is 261 g/mol. The van der Waals surface area contributed by atoms with Crippen molar-refractivity contribution in [2.75, 3.05) is 0 Å². The van der Waals surface area contributed by atoms with Gasteiger partial charge in [0.05, 0.1) is 6.07 Å². The van der Waals surface area contributed by atoms with Gasteiger partial charge in [0.15, 0.2) is 0 Å². The van der Waals surface area contributed by atoms with Gasteiger partial charge in [0, 0.05) is 0 Å². The van der Waals surface area contributed by atoms with Crippen molar-refractivity contribution in [2.24, 2.45) is 0 Å². The summed E-state index contributed by atoms with van der Waals surface area (Å²) in [7, 11) is 0. The summed E-state index contributed by atoms with van der Waals surface area (Å²) < 4.78 is 9.83.